The molecule has 1 aromatic carbocycles. The van der Waals surface area contributed by atoms with Crippen LogP contribution in [0.3, 0.4) is 0 Å². The van der Waals surface area contributed by atoms with Crippen molar-refractivity contribution in [3.63, 3.8) is 0 Å². The van der Waals surface area contributed by atoms with Crippen molar-refractivity contribution in [1.29, 1.82) is 0 Å². The van der Waals surface area contributed by atoms with Crippen molar-refractivity contribution in [2.75, 3.05) is 18.9 Å². The highest BCUT2D eigenvalue weighted by atomic mass is 32.2. The van der Waals surface area contributed by atoms with Crippen LogP contribution in [-0.4, -0.2) is 63.3 Å². The SMILES string of the molecule is C[C@]12CCC(=O)N1[C@@H](C(=O)OCCN1C(=O)c3ccccc3C1=O)CS2. The summed E-state index contributed by atoms with van der Waals surface area (Å²) in [5, 5.41) is 0. The molecule has 2 saturated heterocycles. The number of esters is 1. The number of hydrogen-bond acceptors (Lipinski definition) is 6. The average molecular weight is 374 g/mol. The van der Waals surface area contributed by atoms with E-state index in [1.165, 1.54) is 0 Å². The molecule has 136 valence electrons. The highest BCUT2D eigenvalue weighted by molar-refractivity contribution is 8.01. The van der Waals surface area contributed by atoms with Crippen LogP contribution in [0.1, 0.15) is 40.5 Å². The highest BCUT2D eigenvalue weighted by Gasteiger charge is 2.53. The molecule has 1 aromatic rings. The van der Waals surface area contributed by atoms with Crippen molar-refractivity contribution in [1.82, 2.24) is 9.80 Å². The lowest BCUT2D eigenvalue weighted by atomic mass is 10.1. The summed E-state index contributed by atoms with van der Waals surface area (Å²) in [4.78, 5) is 51.4. The van der Waals surface area contributed by atoms with Crippen LogP contribution in [0.15, 0.2) is 24.3 Å². The van der Waals surface area contributed by atoms with Gasteiger partial charge < -0.3 is 9.64 Å². The maximum absolute atomic E-state index is 12.4. The van der Waals surface area contributed by atoms with Crippen molar-refractivity contribution in [2.45, 2.75) is 30.7 Å². The van der Waals surface area contributed by atoms with Gasteiger partial charge in [-0.15, -0.1) is 11.8 Å². The molecule has 2 atom stereocenters. The highest BCUT2D eigenvalue weighted by Crippen LogP contribution is 2.47. The quantitative estimate of drug-likeness (QED) is 0.583. The second kappa shape index (κ2) is 6.12. The molecule has 0 spiro atoms. The Labute approximate surface area is 154 Å². The molecule has 0 bridgehead atoms. The molecular formula is C18H18N2O5S. The molecule has 0 N–H and O–H groups in total. The minimum atomic E-state index is -0.595. The van der Waals surface area contributed by atoms with Crippen LogP contribution in [0.25, 0.3) is 0 Å². The molecule has 3 aliphatic rings. The summed E-state index contributed by atoms with van der Waals surface area (Å²) in [6.45, 7) is 1.89. The van der Waals surface area contributed by atoms with E-state index in [4.69, 9.17) is 4.74 Å². The molecule has 7 nitrogen and oxygen atoms in total. The predicted octanol–water partition coefficient (Wildman–Crippen LogP) is 1.28. The number of hydrogen-bond donors (Lipinski definition) is 0. The van der Waals surface area contributed by atoms with Gasteiger partial charge in [0, 0.05) is 12.2 Å². The van der Waals surface area contributed by atoms with Crippen LogP contribution < -0.4 is 0 Å². The number of rotatable bonds is 4. The molecule has 3 heterocycles. The Morgan fingerprint density at radius 3 is 2.54 bits per heavy atom. The van der Waals surface area contributed by atoms with Crippen molar-refractivity contribution in [3.05, 3.63) is 35.4 Å². The number of amides is 3. The molecule has 4 rings (SSSR count). The minimum absolute atomic E-state index is 0.00314. The van der Waals surface area contributed by atoms with E-state index in [9.17, 15) is 19.2 Å². The van der Waals surface area contributed by atoms with Gasteiger partial charge in [-0.1, -0.05) is 12.1 Å². The normalized spacial score (nSPS) is 27.1. The number of nitrogens with zero attached hydrogens (tertiary/aromatic N) is 2. The molecule has 26 heavy (non-hydrogen) atoms. The second-order valence-electron chi connectivity index (χ2n) is 6.74. The van der Waals surface area contributed by atoms with E-state index in [1.807, 2.05) is 6.92 Å². The summed E-state index contributed by atoms with van der Waals surface area (Å²) in [6.07, 6.45) is 1.18. The Morgan fingerprint density at radius 2 is 1.88 bits per heavy atom. The zero-order valence-corrected chi connectivity index (χ0v) is 15.1. The Morgan fingerprint density at radius 1 is 1.23 bits per heavy atom. The summed E-state index contributed by atoms with van der Waals surface area (Å²) >= 11 is 1.59. The maximum atomic E-state index is 12.4. The van der Waals surface area contributed by atoms with Gasteiger partial charge in [-0.3, -0.25) is 19.3 Å². The van der Waals surface area contributed by atoms with Crippen LogP contribution in [0, 0.1) is 0 Å². The van der Waals surface area contributed by atoms with Crippen LogP contribution in [-0.2, 0) is 14.3 Å². The number of fused-ring (bicyclic) bond motifs is 2. The zero-order chi connectivity index (χ0) is 18.5. The molecular weight excluding hydrogens is 356 g/mol. The van der Waals surface area contributed by atoms with E-state index in [2.05, 4.69) is 0 Å². The summed E-state index contributed by atoms with van der Waals surface area (Å²) in [7, 11) is 0. The minimum Gasteiger partial charge on any atom is -0.462 e. The van der Waals surface area contributed by atoms with Gasteiger partial charge in [0.15, 0.2) is 0 Å². The first kappa shape index (κ1) is 17.1. The zero-order valence-electron chi connectivity index (χ0n) is 14.3. The Bertz CT molecular complexity index is 791. The molecule has 3 amide bonds. The van der Waals surface area contributed by atoms with Crippen molar-refractivity contribution >= 4 is 35.5 Å². The Balaban J connectivity index is 1.36. The fourth-order valence-electron chi connectivity index (χ4n) is 3.77. The molecule has 0 aromatic heterocycles. The van der Waals surface area contributed by atoms with Gasteiger partial charge in [-0.25, -0.2) is 4.79 Å². The first-order valence-corrected chi connectivity index (χ1v) is 9.49. The van der Waals surface area contributed by atoms with Gasteiger partial charge >= 0.3 is 5.97 Å². The number of imide groups is 1. The predicted molar refractivity (Wildman–Crippen MR) is 93.5 cm³/mol. The Hall–Kier alpha value is -2.35. The van der Waals surface area contributed by atoms with E-state index >= 15 is 0 Å². The van der Waals surface area contributed by atoms with Gasteiger partial charge in [0.1, 0.15) is 12.6 Å². The maximum Gasteiger partial charge on any atom is 0.329 e. The summed E-state index contributed by atoms with van der Waals surface area (Å²) < 4.78 is 5.29. The molecule has 8 heteroatoms. The third-order valence-electron chi connectivity index (χ3n) is 5.15. The summed E-state index contributed by atoms with van der Waals surface area (Å²) in [6, 6.07) is 6.03. The third-order valence-corrected chi connectivity index (χ3v) is 6.66. The summed E-state index contributed by atoms with van der Waals surface area (Å²) in [5.74, 6) is -0.748. The first-order valence-electron chi connectivity index (χ1n) is 8.50. The number of carbonyl (C=O) groups is 4. The summed E-state index contributed by atoms with van der Waals surface area (Å²) in [5.41, 5.74) is 0.740. The number of ether oxygens (including phenoxy) is 1. The molecule has 2 fully saturated rings. The van der Waals surface area contributed by atoms with Crippen LogP contribution >= 0.6 is 11.8 Å². The van der Waals surface area contributed by atoms with Crippen molar-refractivity contribution in [2.24, 2.45) is 0 Å². The smallest absolute Gasteiger partial charge is 0.329 e. The van der Waals surface area contributed by atoms with Gasteiger partial charge in [0.25, 0.3) is 11.8 Å². The van der Waals surface area contributed by atoms with Crippen LogP contribution in [0.4, 0.5) is 0 Å². The largest absolute Gasteiger partial charge is 0.462 e. The number of benzene rings is 1. The fourth-order valence-corrected chi connectivity index (χ4v) is 5.19. The lowest BCUT2D eigenvalue weighted by molar-refractivity contribution is -0.153. The lowest BCUT2D eigenvalue weighted by Gasteiger charge is -2.29. The average Bonchev–Trinajstić information content (AvgIpc) is 3.21. The Kier molecular flexibility index (Phi) is 4.02. The van der Waals surface area contributed by atoms with Crippen LogP contribution in [0.2, 0.25) is 0 Å². The monoisotopic (exact) mass is 374 g/mol. The van der Waals surface area contributed by atoms with E-state index in [0.29, 0.717) is 23.3 Å². The topological polar surface area (TPSA) is 84.0 Å². The fraction of sp³-hybridized carbons (Fsp3) is 0.444. The standard InChI is InChI=1S/C18H18N2O5S/c1-18-7-6-14(21)20(18)13(10-26-18)17(24)25-9-8-19-15(22)11-4-2-3-5-12(11)16(19)23/h2-5,13H,6-10H2,1H3/t13-,18+/m1/s1. The van der Waals surface area contributed by atoms with Gasteiger partial charge in [-0.05, 0) is 25.5 Å². The lowest BCUT2D eigenvalue weighted by Crippen LogP contribution is -2.47. The molecule has 0 aliphatic carbocycles. The van der Waals surface area contributed by atoms with E-state index in [0.717, 1.165) is 11.3 Å². The number of carbonyl (C=O) groups excluding carboxylic acids is 4. The van der Waals surface area contributed by atoms with Crippen molar-refractivity contribution < 1.29 is 23.9 Å². The molecule has 0 unspecified atom stereocenters. The van der Waals surface area contributed by atoms with E-state index < -0.39 is 12.0 Å². The van der Waals surface area contributed by atoms with Crippen LogP contribution in [0.5, 0.6) is 0 Å². The molecule has 0 saturated carbocycles. The van der Waals surface area contributed by atoms with E-state index in [1.54, 1.807) is 40.9 Å². The van der Waals surface area contributed by atoms with Gasteiger partial charge in [-0.2, -0.15) is 0 Å². The van der Waals surface area contributed by atoms with Gasteiger partial charge in [0.05, 0.1) is 22.5 Å². The first-order chi connectivity index (χ1) is 12.4. The van der Waals surface area contributed by atoms with Gasteiger partial charge in [0.2, 0.25) is 5.91 Å². The molecule has 3 aliphatic heterocycles. The molecule has 0 radical (unpaired) electrons. The second-order valence-corrected chi connectivity index (χ2v) is 8.24. The van der Waals surface area contributed by atoms with E-state index in [-0.39, 0.29) is 35.7 Å². The number of thioether (sulfide) groups is 1. The van der Waals surface area contributed by atoms with Crippen molar-refractivity contribution in [3.8, 4) is 0 Å². The third kappa shape index (κ3) is 2.51.